The SMILES string of the molecule is COc1ccc(N)c(OCC(F)(F)C(F)F)n1. The van der Waals surface area contributed by atoms with E-state index >= 15 is 0 Å². The molecule has 0 aromatic carbocycles. The van der Waals surface area contributed by atoms with Crippen molar-refractivity contribution in [3.63, 3.8) is 0 Å². The number of rotatable bonds is 5. The highest BCUT2D eigenvalue weighted by Gasteiger charge is 2.42. The van der Waals surface area contributed by atoms with Crippen LogP contribution in [0.15, 0.2) is 12.1 Å². The highest BCUT2D eigenvalue weighted by atomic mass is 19.3. The van der Waals surface area contributed by atoms with Gasteiger partial charge in [-0.3, -0.25) is 0 Å². The average Bonchev–Trinajstić information content (AvgIpc) is 2.28. The van der Waals surface area contributed by atoms with Gasteiger partial charge in [-0.25, -0.2) is 8.78 Å². The standard InChI is InChI=1S/C9H10F4N2O2/c1-16-6-3-2-5(14)7(15-6)17-4-9(12,13)8(10)11/h2-3,8H,4,14H2,1H3. The zero-order chi connectivity index (χ0) is 13.1. The lowest BCUT2D eigenvalue weighted by atomic mass is 10.3. The van der Waals surface area contributed by atoms with Crippen LogP contribution >= 0.6 is 0 Å². The summed E-state index contributed by atoms with van der Waals surface area (Å²) in [7, 11) is 1.30. The van der Waals surface area contributed by atoms with E-state index in [0.717, 1.165) is 0 Å². The third kappa shape index (κ3) is 3.36. The molecule has 0 aliphatic carbocycles. The molecule has 1 heterocycles. The van der Waals surface area contributed by atoms with Crippen LogP contribution in [0.5, 0.6) is 11.8 Å². The van der Waals surface area contributed by atoms with Crippen LogP contribution in [0, 0.1) is 0 Å². The van der Waals surface area contributed by atoms with E-state index in [-0.39, 0.29) is 17.4 Å². The van der Waals surface area contributed by atoms with Crippen LogP contribution in [0.3, 0.4) is 0 Å². The fourth-order valence-electron chi connectivity index (χ4n) is 0.891. The first-order chi connectivity index (χ1) is 7.86. The Morgan fingerprint density at radius 3 is 2.59 bits per heavy atom. The van der Waals surface area contributed by atoms with Gasteiger partial charge in [0.15, 0.2) is 6.61 Å². The Hall–Kier alpha value is -1.73. The Bertz CT molecular complexity index is 387. The number of nitrogens with zero attached hydrogens (tertiary/aromatic N) is 1. The third-order valence-corrected chi connectivity index (χ3v) is 1.79. The van der Waals surface area contributed by atoms with Gasteiger partial charge in [0.1, 0.15) is 0 Å². The van der Waals surface area contributed by atoms with Gasteiger partial charge in [-0.2, -0.15) is 13.8 Å². The number of hydrogen-bond acceptors (Lipinski definition) is 4. The number of nitrogens with two attached hydrogens (primary N) is 1. The summed E-state index contributed by atoms with van der Waals surface area (Å²) in [5.41, 5.74) is 5.33. The highest BCUT2D eigenvalue weighted by Crippen LogP contribution is 2.27. The number of alkyl halides is 4. The third-order valence-electron chi connectivity index (χ3n) is 1.79. The Kier molecular flexibility index (Phi) is 3.97. The Labute approximate surface area is 94.3 Å². The predicted octanol–water partition coefficient (Wildman–Crippen LogP) is 1.95. The molecular formula is C9H10F4N2O2. The summed E-state index contributed by atoms with van der Waals surface area (Å²) in [5, 5.41) is 0. The Morgan fingerprint density at radius 2 is 2.06 bits per heavy atom. The maximum Gasteiger partial charge on any atom is 0.340 e. The molecule has 17 heavy (non-hydrogen) atoms. The van der Waals surface area contributed by atoms with E-state index in [1.807, 2.05) is 0 Å². The summed E-state index contributed by atoms with van der Waals surface area (Å²) in [6.07, 6.45) is -3.81. The van der Waals surface area contributed by atoms with Gasteiger partial charge in [0.2, 0.25) is 11.8 Å². The van der Waals surface area contributed by atoms with Gasteiger partial charge >= 0.3 is 12.3 Å². The molecule has 0 saturated carbocycles. The predicted molar refractivity (Wildman–Crippen MR) is 51.6 cm³/mol. The van der Waals surface area contributed by atoms with Crippen LogP contribution in [-0.2, 0) is 0 Å². The van der Waals surface area contributed by atoms with Gasteiger partial charge in [0, 0.05) is 6.07 Å². The van der Waals surface area contributed by atoms with Crippen LogP contribution in [0.25, 0.3) is 0 Å². The summed E-state index contributed by atoms with van der Waals surface area (Å²) >= 11 is 0. The first-order valence-electron chi connectivity index (χ1n) is 4.46. The van der Waals surface area contributed by atoms with Crippen LogP contribution in [0.1, 0.15) is 0 Å². The fraction of sp³-hybridized carbons (Fsp3) is 0.444. The molecule has 0 saturated heterocycles. The van der Waals surface area contributed by atoms with Crippen molar-refractivity contribution in [2.45, 2.75) is 12.3 Å². The molecule has 1 rings (SSSR count). The van der Waals surface area contributed by atoms with Gasteiger partial charge < -0.3 is 15.2 Å². The molecule has 2 N–H and O–H groups in total. The molecule has 4 nitrogen and oxygen atoms in total. The minimum atomic E-state index is -4.25. The van der Waals surface area contributed by atoms with E-state index in [9.17, 15) is 17.6 Å². The molecule has 1 aromatic heterocycles. The quantitative estimate of drug-likeness (QED) is 0.816. The Morgan fingerprint density at radius 1 is 1.41 bits per heavy atom. The lowest BCUT2D eigenvalue weighted by Crippen LogP contribution is -2.34. The van der Waals surface area contributed by atoms with E-state index in [0.29, 0.717) is 0 Å². The number of nitrogen functional groups attached to an aromatic ring is 1. The van der Waals surface area contributed by atoms with Gasteiger partial charge in [-0.1, -0.05) is 0 Å². The fourth-order valence-corrected chi connectivity index (χ4v) is 0.891. The van der Waals surface area contributed by atoms with Crippen molar-refractivity contribution in [1.82, 2.24) is 4.98 Å². The molecule has 8 heteroatoms. The normalized spacial score (nSPS) is 11.6. The molecule has 0 unspecified atom stereocenters. The molecule has 0 fully saturated rings. The van der Waals surface area contributed by atoms with Crippen molar-refractivity contribution in [3.8, 4) is 11.8 Å². The molecular weight excluding hydrogens is 244 g/mol. The number of methoxy groups -OCH3 is 1. The topological polar surface area (TPSA) is 57.4 Å². The van der Waals surface area contributed by atoms with Crippen LogP contribution < -0.4 is 15.2 Å². The summed E-state index contributed by atoms with van der Waals surface area (Å²) in [6, 6.07) is 2.69. The molecule has 0 atom stereocenters. The molecule has 0 aliphatic rings. The monoisotopic (exact) mass is 254 g/mol. The van der Waals surface area contributed by atoms with Crippen molar-refractivity contribution in [3.05, 3.63) is 12.1 Å². The van der Waals surface area contributed by atoms with Crippen molar-refractivity contribution < 1.29 is 27.0 Å². The minimum absolute atomic E-state index is 0.0455. The van der Waals surface area contributed by atoms with Crippen LogP contribution in [-0.4, -0.2) is 31.0 Å². The maximum absolute atomic E-state index is 12.6. The summed E-state index contributed by atoms with van der Waals surface area (Å²) in [5.74, 6) is -4.55. The van der Waals surface area contributed by atoms with E-state index in [2.05, 4.69) is 9.72 Å². The number of anilines is 1. The number of halogens is 4. The molecule has 0 spiro atoms. The zero-order valence-corrected chi connectivity index (χ0v) is 8.79. The van der Waals surface area contributed by atoms with Crippen molar-refractivity contribution >= 4 is 5.69 Å². The second-order valence-electron chi connectivity index (χ2n) is 3.10. The maximum atomic E-state index is 12.6. The largest absolute Gasteiger partial charge is 0.481 e. The van der Waals surface area contributed by atoms with Crippen molar-refractivity contribution in [2.24, 2.45) is 0 Å². The second kappa shape index (κ2) is 5.07. The zero-order valence-electron chi connectivity index (χ0n) is 8.79. The van der Waals surface area contributed by atoms with Gasteiger partial charge in [0.25, 0.3) is 0 Å². The van der Waals surface area contributed by atoms with E-state index in [1.165, 1.54) is 19.2 Å². The number of pyridine rings is 1. The van der Waals surface area contributed by atoms with E-state index in [1.54, 1.807) is 0 Å². The van der Waals surface area contributed by atoms with Gasteiger partial charge in [0.05, 0.1) is 12.8 Å². The smallest absolute Gasteiger partial charge is 0.340 e. The number of ether oxygens (including phenoxy) is 2. The van der Waals surface area contributed by atoms with Gasteiger partial charge in [-0.05, 0) is 6.07 Å². The number of hydrogen-bond donors (Lipinski definition) is 1. The summed E-state index contributed by atoms with van der Waals surface area (Å²) in [4.78, 5) is 3.61. The number of aromatic nitrogens is 1. The first-order valence-corrected chi connectivity index (χ1v) is 4.46. The van der Waals surface area contributed by atoms with Crippen LogP contribution in [0.2, 0.25) is 0 Å². The highest BCUT2D eigenvalue weighted by molar-refractivity contribution is 5.49. The molecule has 0 aliphatic heterocycles. The molecule has 1 aromatic rings. The molecule has 0 amide bonds. The van der Waals surface area contributed by atoms with Crippen LogP contribution in [0.4, 0.5) is 23.2 Å². The van der Waals surface area contributed by atoms with Gasteiger partial charge in [-0.15, -0.1) is 0 Å². The summed E-state index contributed by atoms with van der Waals surface area (Å²) in [6.45, 7) is -1.50. The Balaban J connectivity index is 2.75. The lowest BCUT2D eigenvalue weighted by Gasteiger charge is -2.16. The van der Waals surface area contributed by atoms with Crippen molar-refractivity contribution in [1.29, 1.82) is 0 Å². The first kappa shape index (κ1) is 13.3. The average molecular weight is 254 g/mol. The second-order valence-corrected chi connectivity index (χ2v) is 3.10. The minimum Gasteiger partial charge on any atom is -0.481 e. The van der Waals surface area contributed by atoms with Crippen molar-refractivity contribution in [2.75, 3.05) is 19.5 Å². The molecule has 0 radical (unpaired) electrons. The molecule has 96 valence electrons. The summed E-state index contributed by atoms with van der Waals surface area (Å²) < 4.78 is 58.0. The van der Waals surface area contributed by atoms with E-state index < -0.39 is 19.0 Å². The van der Waals surface area contributed by atoms with E-state index in [4.69, 9.17) is 10.5 Å². The lowest BCUT2D eigenvalue weighted by molar-refractivity contribution is -0.148. The molecule has 0 bridgehead atoms.